The van der Waals surface area contributed by atoms with Gasteiger partial charge in [0.2, 0.25) is 0 Å². The summed E-state index contributed by atoms with van der Waals surface area (Å²) in [6, 6.07) is 24.6. The molecule has 0 aliphatic rings. The molecule has 3 rings (SSSR count). The number of amides is 1. The summed E-state index contributed by atoms with van der Waals surface area (Å²) in [6.45, 7) is 5.85. The molecule has 1 amide bonds. The smallest absolute Gasteiger partial charge is 0.281 e. The van der Waals surface area contributed by atoms with Crippen molar-refractivity contribution in [1.82, 2.24) is 5.43 Å². The maximum Gasteiger partial charge on any atom is 0.281 e. The summed E-state index contributed by atoms with van der Waals surface area (Å²) in [7, 11) is 0. The maximum absolute atomic E-state index is 13.4. The standard InChI is InChI=1S/C26H28N2O2/c1-4-12-24(21-15-6-5-7-16-21)27-28-25(29)26(30,22-17-10-8-13-19(22)2)23-18-11-9-14-20(23)3/h5-11,13-18,30H,4,12H2,1-3H3,(H,28,29)/b27-24-. The Hall–Kier alpha value is -3.24. The third kappa shape index (κ3) is 4.34. The Morgan fingerprint density at radius 2 is 1.37 bits per heavy atom. The number of hydrogen-bond donors (Lipinski definition) is 2. The molecular weight excluding hydrogens is 372 g/mol. The van der Waals surface area contributed by atoms with Crippen LogP contribution in [0.2, 0.25) is 0 Å². The fourth-order valence-electron chi connectivity index (χ4n) is 3.68. The lowest BCUT2D eigenvalue weighted by Crippen LogP contribution is -2.45. The highest BCUT2D eigenvalue weighted by atomic mass is 16.3. The molecule has 0 unspecified atom stereocenters. The molecule has 0 aromatic heterocycles. The van der Waals surface area contributed by atoms with Crippen LogP contribution in [0.5, 0.6) is 0 Å². The van der Waals surface area contributed by atoms with Crippen LogP contribution in [-0.4, -0.2) is 16.7 Å². The number of nitrogens with zero attached hydrogens (tertiary/aromatic N) is 1. The van der Waals surface area contributed by atoms with Gasteiger partial charge in [0.1, 0.15) is 0 Å². The molecule has 0 atom stereocenters. The number of hydrazone groups is 1. The molecule has 4 heteroatoms. The Kier molecular flexibility index (Phi) is 6.80. The number of nitrogens with one attached hydrogen (secondary N) is 1. The lowest BCUT2D eigenvalue weighted by atomic mass is 9.81. The first-order valence-electron chi connectivity index (χ1n) is 10.3. The van der Waals surface area contributed by atoms with Gasteiger partial charge in [0.25, 0.3) is 5.91 Å². The number of carbonyl (C=O) groups is 1. The van der Waals surface area contributed by atoms with E-state index in [0.29, 0.717) is 11.1 Å². The predicted molar refractivity (Wildman–Crippen MR) is 121 cm³/mol. The highest BCUT2D eigenvalue weighted by Gasteiger charge is 2.42. The van der Waals surface area contributed by atoms with Gasteiger partial charge in [-0.3, -0.25) is 4.79 Å². The van der Waals surface area contributed by atoms with Crippen molar-refractivity contribution in [3.05, 3.63) is 107 Å². The molecule has 0 heterocycles. The first-order valence-corrected chi connectivity index (χ1v) is 10.3. The number of aryl methyl sites for hydroxylation is 2. The third-order valence-corrected chi connectivity index (χ3v) is 5.28. The second kappa shape index (κ2) is 9.51. The molecule has 3 aromatic rings. The van der Waals surface area contributed by atoms with Gasteiger partial charge in [0, 0.05) is 11.1 Å². The molecule has 30 heavy (non-hydrogen) atoms. The zero-order chi connectivity index (χ0) is 21.6. The van der Waals surface area contributed by atoms with Crippen LogP contribution >= 0.6 is 0 Å². The van der Waals surface area contributed by atoms with E-state index in [1.165, 1.54) is 0 Å². The molecule has 0 radical (unpaired) electrons. The van der Waals surface area contributed by atoms with E-state index in [2.05, 4.69) is 17.5 Å². The summed E-state index contributed by atoms with van der Waals surface area (Å²) < 4.78 is 0. The molecule has 0 fully saturated rings. The van der Waals surface area contributed by atoms with Crippen molar-refractivity contribution < 1.29 is 9.90 Å². The zero-order valence-corrected chi connectivity index (χ0v) is 17.7. The summed E-state index contributed by atoms with van der Waals surface area (Å²) in [4.78, 5) is 13.4. The van der Waals surface area contributed by atoms with Crippen molar-refractivity contribution in [3.63, 3.8) is 0 Å². The normalized spacial score (nSPS) is 11.9. The monoisotopic (exact) mass is 400 g/mol. The minimum atomic E-state index is -1.85. The number of hydrogen-bond acceptors (Lipinski definition) is 3. The van der Waals surface area contributed by atoms with E-state index in [1.54, 1.807) is 12.1 Å². The van der Waals surface area contributed by atoms with Crippen LogP contribution < -0.4 is 5.43 Å². The third-order valence-electron chi connectivity index (χ3n) is 5.28. The molecule has 0 bridgehead atoms. The van der Waals surface area contributed by atoms with Gasteiger partial charge >= 0.3 is 0 Å². The first-order chi connectivity index (χ1) is 14.5. The summed E-state index contributed by atoms with van der Waals surface area (Å²) in [5, 5.41) is 16.2. The van der Waals surface area contributed by atoms with E-state index in [-0.39, 0.29) is 0 Å². The Bertz CT molecular complexity index is 996. The molecule has 3 aromatic carbocycles. The van der Waals surface area contributed by atoms with Crippen molar-refractivity contribution in [2.75, 3.05) is 0 Å². The molecular formula is C26H28N2O2. The Morgan fingerprint density at radius 3 is 1.87 bits per heavy atom. The van der Waals surface area contributed by atoms with Crippen molar-refractivity contribution in [2.45, 2.75) is 39.2 Å². The van der Waals surface area contributed by atoms with Crippen molar-refractivity contribution in [2.24, 2.45) is 5.10 Å². The zero-order valence-electron chi connectivity index (χ0n) is 17.7. The van der Waals surface area contributed by atoms with Gasteiger partial charge in [-0.05, 0) is 37.0 Å². The molecule has 0 spiro atoms. The summed E-state index contributed by atoms with van der Waals surface area (Å²) in [5.41, 5.74) is 5.29. The van der Waals surface area contributed by atoms with Crippen LogP contribution in [0.1, 0.15) is 47.6 Å². The van der Waals surface area contributed by atoms with Crippen molar-refractivity contribution in [3.8, 4) is 0 Å². The Labute approximate surface area is 178 Å². The number of rotatable bonds is 7. The van der Waals surface area contributed by atoms with Crippen LogP contribution in [0.3, 0.4) is 0 Å². The molecule has 4 nitrogen and oxygen atoms in total. The SMILES string of the molecule is CCC/C(=N/NC(=O)C(O)(c1ccccc1C)c1ccccc1C)c1ccccc1. The van der Waals surface area contributed by atoms with Crippen LogP contribution in [-0.2, 0) is 10.4 Å². The highest BCUT2D eigenvalue weighted by molar-refractivity contribution is 6.01. The van der Waals surface area contributed by atoms with Crippen LogP contribution in [0, 0.1) is 13.8 Å². The number of benzene rings is 3. The topological polar surface area (TPSA) is 61.7 Å². The van der Waals surface area contributed by atoms with E-state index in [9.17, 15) is 9.90 Å². The van der Waals surface area contributed by atoms with Crippen LogP contribution in [0.15, 0.2) is 84.0 Å². The van der Waals surface area contributed by atoms with Crippen molar-refractivity contribution in [1.29, 1.82) is 0 Å². The fraction of sp³-hybridized carbons (Fsp3) is 0.231. The van der Waals surface area contributed by atoms with Crippen molar-refractivity contribution >= 4 is 11.6 Å². The van der Waals surface area contributed by atoms with Gasteiger partial charge in [0.15, 0.2) is 5.60 Å². The van der Waals surface area contributed by atoms with E-state index >= 15 is 0 Å². The number of carbonyl (C=O) groups excluding carboxylic acids is 1. The van der Waals surface area contributed by atoms with Crippen LogP contribution in [0.4, 0.5) is 0 Å². The second-order valence-electron chi connectivity index (χ2n) is 7.46. The van der Waals surface area contributed by atoms with E-state index in [0.717, 1.165) is 35.2 Å². The highest BCUT2D eigenvalue weighted by Crippen LogP contribution is 2.34. The maximum atomic E-state index is 13.4. The van der Waals surface area contributed by atoms with Gasteiger partial charge < -0.3 is 5.11 Å². The van der Waals surface area contributed by atoms with Gasteiger partial charge in [-0.15, -0.1) is 0 Å². The average Bonchev–Trinajstić information content (AvgIpc) is 2.77. The molecule has 0 saturated heterocycles. The molecule has 2 N–H and O–H groups in total. The lowest BCUT2D eigenvalue weighted by molar-refractivity contribution is -0.136. The average molecular weight is 401 g/mol. The Balaban J connectivity index is 2.05. The van der Waals surface area contributed by atoms with Gasteiger partial charge in [-0.1, -0.05) is 92.2 Å². The Morgan fingerprint density at radius 1 is 0.867 bits per heavy atom. The van der Waals surface area contributed by atoms with Crippen LogP contribution in [0.25, 0.3) is 0 Å². The van der Waals surface area contributed by atoms with E-state index < -0.39 is 11.5 Å². The largest absolute Gasteiger partial charge is 0.372 e. The quantitative estimate of drug-likeness (QED) is 0.439. The minimum absolute atomic E-state index is 0.545. The summed E-state index contributed by atoms with van der Waals surface area (Å²) >= 11 is 0. The minimum Gasteiger partial charge on any atom is -0.372 e. The fourth-order valence-corrected chi connectivity index (χ4v) is 3.68. The summed E-state index contributed by atoms with van der Waals surface area (Å²) in [6.07, 6.45) is 1.61. The molecule has 0 saturated carbocycles. The van der Waals surface area contributed by atoms with E-state index in [4.69, 9.17) is 0 Å². The number of aliphatic hydroxyl groups is 1. The van der Waals surface area contributed by atoms with Gasteiger partial charge in [-0.2, -0.15) is 5.10 Å². The molecule has 154 valence electrons. The first kappa shape index (κ1) is 21.5. The molecule has 0 aliphatic carbocycles. The summed E-state index contributed by atoms with van der Waals surface area (Å²) in [5.74, 6) is -0.573. The van der Waals surface area contributed by atoms with Gasteiger partial charge in [-0.25, -0.2) is 5.43 Å². The van der Waals surface area contributed by atoms with E-state index in [1.807, 2.05) is 80.6 Å². The molecule has 0 aliphatic heterocycles. The van der Waals surface area contributed by atoms with Gasteiger partial charge in [0.05, 0.1) is 5.71 Å². The second-order valence-corrected chi connectivity index (χ2v) is 7.46. The predicted octanol–water partition coefficient (Wildman–Crippen LogP) is 4.86. The lowest BCUT2D eigenvalue weighted by Gasteiger charge is -2.30.